The van der Waals surface area contributed by atoms with Gasteiger partial charge in [0.2, 0.25) is 0 Å². The van der Waals surface area contributed by atoms with Crippen LogP contribution in [-0.4, -0.2) is 23.7 Å². The Bertz CT molecular complexity index is 393. The maximum atomic E-state index is 10.5. The third kappa shape index (κ3) is 4.07. The van der Waals surface area contributed by atoms with E-state index in [4.69, 9.17) is 10.8 Å². The van der Waals surface area contributed by atoms with Gasteiger partial charge in [-0.15, -0.1) is 0 Å². The average Bonchev–Trinajstić information content (AvgIpc) is 2.14. The fourth-order valence-corrected chi connectivity index (χ4v) is 1.99. The number of anilines is 1. The van der Waals surface area contributed by atoms with Crippen molar-refractivity contribution in [3.63, 3.8) is 0 Å². The SMILES string of the molecule is Cc1cc(C)c(NCC(N)CC(=O)O)c(C)c1. The van der Waals surface area contributed by atoms with E-state index in [1.54, 1.807) is 0 Å². The molecular weight excluding hydrogens is 216 g/mol. The van der Waals surface area contributed by atoms with E-state index in [1.165, 1.54) is 5.56 Å². The number of nitrogens with one attached hydrogen (secondary N) is 1. The van der Waals surface area contributed by atoms with Gasteiger partial charge in [-0.05, 0) is 31.9 Å². The lowest BCUT2D eigenvalue weighted by Crippen LogP contribution is -2.31. The van der Waals surface area contributed by atoms with Crippen molar-refractivity contribution in [2.24, 2.45) is 5.73 Å². The molecule has 0 fully saturated rings. The first-order valence-electron chi connectivity index (χ1n) is 5.69. The van der Waals surface area contributed by atoms with E-state index in [1.807, 2.05) is 13.8 Å². The van der Waals surface area contributed by atoms with E-state index in [0.717, 1.165) is 16.8 Å². The summed E-state index contributed by atoms with van der Waals surface area (Å²) in [5.74, 6) is -0.864. The fourth-order valence-electron chi connectivity index (χ4n) is 1.99. The summed E-state index contributed by atoms with van der Waals surface area (Å²) >= 11 is 0. The van der Waals surface area contributed by atoms with Gasteiger partial charge in [0.15, 0.2) is 0 Å². The van der Waals surface area contributed by atoms with E-state index in [-0.39, 0.29) is 12.5 Å². The fraction of sp³-hybridized carbons (Fsp3) is 0.462. The molecule has 0 spiro atoms. The van der Waals surface area contributed by atoms with Gasteiger partial charge in [-0.25, -0.2) is 0 Å². The second kappa shape index (κ2) is 5.68. The maximum absolute atomic E-state index is 10.5. The highest BCUT2D eigenvalue weighted by atomic mass is 16.4. The molecule has 4 nitrogen and oxygen atoms in total. The molecule has 0 radical (unpaired) electrons. The number of rotatable bonds is 5. The lowest BCUT2D eigenvalue weighted by molar-refractivity contribution is -0.137. The van der Waals surface area contributed by atoms with Crippen LogP contribution in [0.5, 0.6) is 0 Å². The van der Waals surface area contributed by atoms with Gasteiger partial charge in [-0.2, -0.15) is 0 Å². The van der Waals surface area contributed by atoms with Crippen molar-refractivity contribution < 1.29 is 9.90 Å². The largest absolute Gasteiger partial charge is 0.481 e. The minimum Gasteiger partial charge on any atom is -0.481 e. The van der Waals surface area contributed by atoms with Crippen LogP contribution in [0, 0.1) is 20.8 Å². The number of hydrogen-bond donors (Lipinski definition) is 3. The van der Waals surface area contributed by atoms with Crippen LogP contribution in [0.4, 0.5) is 5.69 Å². The third-order valence-electron chi connectivity index (χ3n) is 2.65. The van der Waals surface area contributed by atoms with Crippen molar-refractivity contribution in [2.45, 2.75) is 33.2 Å². The van der Waals surface area contributed by atoms with Crippen molar-refractivity contribution in [3.8, 4) is 0 Å². The van der Waals surface area contributed by atoms with Crippen LogP contribution in [0.25, 0.3) is 0 Å². The minimum absolute atomic E-state index is 0.0169. The van der Waals surface area contributed by atoms with Gasteiger partial charge >= 0.3 is 5.97 Å². The summed E-state index contributed by atoms with van der Waals surface area (Å²) in [6.07, 6.45) is -0.0169. The number of carboxylic acids is 1. The molecule has 0 saturated carbocycles. The molecule has 1 aromatic carbocycles. The first kappa shape index (κ1) is 13.5. The van der Waals surface area contributed by atoms with Crippen LogP contribution in [0.2, 0.25) is 0 Å². The second-order valence-electron chi connectivity index (χ2n) is 4.51. The summed E-state index contributed by atoms with van der Waals surface area (Å²) in [5.41, 5.74) is 10.3. The zero-order chi connectivity index (χ0) is 13.0. The Morgan fingerprint density at radius 3 is 2.35 bits per heavy atom. The Hall–Kier alpha value is -1.55. The van der Waals surface area contributed by atoms with Crippen molar-refractivity contribution in [2.75, 3.05) is 11.9 Å². The predicted octanol–water partition coefficient (Wildman–Crippen LogP) is 1.83. The van der Waals surface area contributed by atoms with Gasteiger partial charge in [0.25, 0.3) is 0 Å². The number of aliphatic carboxylic acids is 1. The molecule has 0 aliphatic heterocycles. The average molecular weight is 236 g/mol. The van der Waals surface area contributed by atoms with E-state index in [9.17, 15) is 4.79 Å². The Morgan fingerprint density at radius 1 is 1.35 bits per heavy atom. The van der Waals surface area contributed by atoms with Crippen LogP contribution >= 0.6 is 0 Å². The van der Waals surface area contributed by atoms with Gasteiger partial charge in [0.05, 0.1) is 6.42 Å². The van der Waals surface area contributed by atoms with E-state index >= 15 is 0 Å². The zero-order valence-corrected chi connectivity index (χ0v) is 10.6. The lowest BCUT2D eigenvalue weighted by atomic mass is 10.0. The molecule has 0 aliphatic carbocycles. The second-order valence-corrected chi connectivity index (χ2v) is 4.51. The molecule has 0 bridgehead atoms. The predicted molar refractivity (Wildman–Crippen MR) is 69.4 cm³/mol. The van der Waals surface area contributed by atoms with Crippen LogP contribution in [0.15, 0.2) is 12.1 Å². The van der Waals surface area contributed by atoms with Crippen molar-refractivity contribution in [1.29, 1.82) is 0 Å². The number of carboxylic acid groups (broad SMARTS) is 1. The lowest BCUT2D eigenvalue weighted by Gasteiger charge is -2.16. The summed E-state index contributed by atoms with van der Waals surface area (Å²) in [5, 5.41) is 11.8. The molecule has 94 valence electrons. The molecule has 4 N–H and O–H groups in total. The van der Waals surface area contributed by atoms with Crippen LogP contribution in [0.1, 0.15) is 23.1 Å². The van der Waals surface area contributed by atoms with Gasteiger partial charge in [-0.3, -0.25) is 4.79 Å². The Kier molecular flexibility index (Phi) is 4.52. The van der Waals surface area contributed by atoms with Crippen LogP contribution in [0.3, 0.4) is 0 Å². The Morgan fingerprint density at radius 2 is 1.88 bits per heavy atom. The van der Waals surface area contributed by atoms with E-state index < -0.39 is 5.97 Å². The highest BCUT2D eigenvalue weighted by Gasteiger charge is 2.09. The van der Waals surface area contributed by atoms with Gasteiger partial charge < -0.3 is 16.2 Å². The number of carbonyl (C=O) groups is 1. The number of benzene rings is 1. The van der Waals surface area contributed by atoms with Gasteiger partial charge in [0, 0.05) is 18.3 Å². The first-order valence-corrected chi connectivity index (χ1v) is 5.69. The molecule has 17 heavy (non-hydrogen) atoms. The normalized spacial score (nSPS) is 12.2. The summed E-state index contributed by atoms with van der Waals surface area (Å²) in [6.45, 7) is 6.59. The summed E-state index contributed by atoms with van der Waals surface area (Å²) in [7, 11) is 0. The Balaban J connectivity index is 2.66. The standard InChI is InChI=1S/C13H20N2O2/c1-8-4-9(2)13(10(3)5-8)15-7-11(14)6-12(16)17/h4-5,11,15H,6-7,14H2,1-3H3,(H,16,17). The monoisotopic (exact) mass is 236 g/mol. The van der Waals surface area contributed by atoms with Crippen LogP contribution in [-0.2, 0) is 4.79 Å². The van der Waals surface area contributed by atoms with Gasteiger partial charge in [-0.1, -0.05) is 17.7 Å². The topological polar surface area (TPSA) is 75.3 Å². The molecule has 0 aliphatic rings. The summed E-state index contributed by atoms with van der Waals surface area (Å²) < 4.78 is 0. The van der Waals surface area contributed by atoms with Crippen molar-refractivity contribution in [3.05, 3.63) is 28.8 Å². The quantitative estimate of drug-likeness (QED) is 0.729. The van der Waals surface area contributed by atoms with Gasteiger partial charge in [0.1, 0.15) is 0 Å². The summed E-state index contributed by atoms with van der Waals surface area (Å²) in [6, 6.07) is 3.82. The van der Waals surface area contributed by atoms with Crippen LogP contribution < -0.4 is 11.1 Å². The minimum atomic E-state index is -0.864. The molecule has 0 aromatic heterocycles. The molecule has 1 atom stereocenters. The van der Waals surface area contributed by atoms with Crippen molar-refractivity contribution in [1.82, 2.24) is 0 Å². The molecule has 1 rings (SSSR count). The zero-order valence-electron chi connectivity index (χ0n) is 10.6. The number of aryl methyl sites for hydroxylation is 3. The molecule has 1 unspecified atom stereocenters. The number of hydrogen-bond acceptors (Lipinski definition) is 3. The number of nitrogens with two attached hydrogens (primary N) is 1. The third-order valence-corrected chi connectivity index (χ3v) is 2.65. The molecule has 1 aromatic rings. The molecule has 0 amide bonds. The van der Waals surface area contributed by atoms with Crippen molar-refractivity contribution >= 4 is 11.7 Å². The Labute approximate surface area is 102 Å². The highest BCUT2D eigenvalue weighted by Crippen LogP contribution is 2.21. The van der Waals surface area contributed by atoms with E-state index in [0.29, 0.717) is 6.54 Å². The molecule has 0 heterocycles. The smallest absolute Gasteiger partial charge is 0.304 e. The molecular formula is C13H20N2O2. The first-order chi connectivity index (χ1) is 7.90. The summed E-state index contributed by atoms with van der Waals surface area (Å²) in [4.78, 5) is 10.5. The highest BCUT2D eigenvalue weighted by molar-refractivity contribution is 5.67. The molecule has 0 saturated heterocycles. The van der Waals surface area contributed by atoms with E-state index in [2.05, 4.69) is 24.4 Å². The maximum Gasteiger partial charge on any atom is 0.304 e. The molecule has 4 heteroatoms.